The number of nitrogen functional groups attached to an aromatic ring is 1. The van der Waals surface area contributed by atoms with Crippen LogP contribution >= 0.6 is 9.39 Å². The minimum absolute atomic E-state index is 0.771. The van der Waals surface area contributed by atoms with Crippen LogP contribution in [0, 0.1) is 0 Å². The van der Waals surface area contributed by atoms with Gasteiger partial charge in [0.2, 0.25) is 0 Å². The van der Waals surface area contributed by atoms with Gasteiger partial charge in [-0.25, -0.2) is 0 Å². The summed E-state index contributed by atoms with van der Waals surface area (Å²) >= 11 is 0. The molecule has 0 heterocycles. The van der Waals surface area contributed by atoms with E-state index in [0.717, 1.165) is 11.4 Å². The predicted molar refractivity (Wildman–Crippen MR) is 44.2 cm³/mol. The monoisotopic (exact) mass is 140 g/mol. The van der Waals surface area contributed by atoms with Crippen LogP contribution in [0.2, 0.25) is 0 Å². The van der Waals surface area contributed by atoms with Crippen molar-refractivity contribution in [2.45, 2.75) is 0 Å². The summed E-state index contributed by atoms with van der Waals surface area (Å²) in [7, 11) is 2.40. The van der Waals surface area contributed by atoms with Gasteiger partial charge in [0.15, 0.2) is 0 Å². The average molecular weight is 140 g/mol. The highest BCUT2D eigenvalue weighted by molar-refractivity contribution is 7.18. The van der Waals surface area contributed by atoms with Crippen LogP contribution < -0.4 is 10.8 Å². The van der Waals surface area contributed by atoms with E-state index in [9.17, 15) is 0 Å². The summed E-state index contributed by atoms with van der Waals surface area (Å²) < 4.78 is 0. The highest BCUT2D eigenvalue weighted by Crippen LogP contribution is 2.17. The fourth-order valence-corrected chi connectivity index (χ4v) is 0.891. The molecular weight excluding hydrogens is 131 g/mol. The molecule has 0 saturated heterocycles. The van der Waals surface area contributed by atoms with Gasteiger partial charge in [0, 0.05) is 0 Å². The first-order chi connectivity index (χ1) is 4.34. The Labute approximate surface area is 56.7 Å². The van der Waals surface area contributed by atoms with Gasteiger partial charge >= 0.3 is 0 Å². The summed E-state index contributed by atoms with van der Waals surface area (Å²) in [5.74, 6) is 0. The minimum atomic E-state index is 0.771. The smallest absolute Gasteiger partial charge is 0.0602 e. The van der Waals surface area contributed by atoms with Crippen molar-refractivity contribution in [1.82, 2.24) is 0 Å². The van der Waals surface area contributed by atoms with Crippen molar-refractivity contribution in [3.05, 3.63) is 24.3 Å². The first-order valence-corrected chi connectivity index (χ1v) is 3.23. The third-order valence-corrected chi connectivity index (χ3v) is 1.43. The van der Waals surface area contributed by atoms with E-state index in [-0.39, 0.29) is 0 Å². The molecule has 0 spiro atoms. The number of para-hydroxylation sites is 2. The summed E-state index contributed by atoms with van der Waals surface area (Å²) in [6, 6.07) is 7.61. The highest BCUT2D eigenvalue weighted by Gasteiger charge is 1.89. The molecule has 0 radical (unpaired) electrons. The van der Waals surface area contributed by atoms with Gasteiger partial charge in [0.05, 0.1) is 11.4 Å². The summed E-state index contributed by atoms with van der Waals surface area (Å²) in [5, 5.41) is 2.89. The second-order valence-electron chi connectivity index (χ2n) is 1.73. The third-order valence-electron chi connectivity index (χ3n) is 1.12. The predicted octanol–water partition coefficient (Wildman–Crippen LogP) is 1.47. The molecule has 48 valence electrons. The molecule has 1 aromatic rings. The molecule has 0 aromatic heterocycles. The Morgan fingerprint density at radius 2 is 2.00 bits per heavy atom. The Hall–Kier alpha value is -0.750. The van der Waals surface area contributed by atoms with Gasteiger partial charge in [-0.1, -0.05) is 12.1 Å². The van der Waals surface area contributed by atoms with E-state index in [1.807, 2.05) is 24.3 Å². The van der Waals surface area contributed by atoms with E-state index in [0.29, 0.717) is 0 Å². The minimum Gasteiger partial charge on any atom is -0.397 e. The van der Waals surface area contributed by atoms with Crippen LogP contribution in [0.3, 0.4) is 0 Å². The zero-order valence-electron chi connectivity index (χ0n) is 4.96. The molecule has 1 rings (SSSR count). The normalized spacial score (nSPS) is 9.00. The molecular formula is C6H9N2P. The van der Waals surface area contributed by atoms with Gasteiger partial charge in [-0.15, -0.1) is 0 Å². The molecule has 0 saturated carbocycles. The second kappa shape index (κ2) is 2.70. The molecule has 9 heavy (non-hydrogen) atoms. The maximum Gasteiger partial charge on any atom is 0.0602 e. The fourth-order valence-electron chi connectivity index (χ4n) is 0.628. The standard InChI is InChI=1S/C6H9N2P/c7-5-3-1-2-4-6(5)8-9/h1-4,8H,7,9H2. The number of rotatable bonds is 1. The lowest BCUT2D eigenvalue weighted by Gasteiger charge is -2.00. The fraction of sp³-hybridized carbons (Fsp3) is 0. The Morgan fingerprint density at radius 3 is 2.44 bits per heavy atom. The Morgan fingerprint density at radius 1 is 1.33 bits per heavy atom. The van der Waals surface area contributed by atoms with Crippen molar-refractivity contribution < 1.29 is 0 Å². The van der Waals surface area contributed by atoms with Gasteiger partial charge in [-0.2, -0.15) is 0 Å². The van der Waals surface area contributed by atoms with Crippen LogP contribution in [0.15, 0.2) is 24.3 Å². The molecule has 0 bridgehead atoms. The second-order valence-corrected chi connectivity index (χ2v) is 2.02. The van der Waals surface area contributed by atoms with Gasteiger partial charge in [-0.05, 0) is 21.5 Å². The van der Waals surface area contributed by atoms with Gasteiger partial charge in [0.1, 0.15) is 0 Å². The van der Waals surface area contributed by atoms with Crippen LogP contribution in [0.4, 0.5) is 11.4 Å². The van der Waals surface area contributed by atoms with E-state index in [1.165, 1.54) is 0 Å². The number of hydrogen-bond donors (Lipinski definition) is 2. The molecule has 3 N–H and O–H groups in total. The summed E-state index contributed by atoms with van der Waals surface area (Å²) in [6.07, 6.45) is 0. The molecule has 1 unspecified atom stereocenters. The molecule has 1 atom stereocenters. The van der Waals surface area contributed by atoms with Crippen LogP contribution in [-0.4, -0.2) is 0 Å². The van der Waals surface area contributed by atoms with E-state index in [4.69, 9.17) is 5.73 Å². The van der Waals surface area contributed by atoms with Crippen molar-refractivity contribution in [2.24, 2.45) is 0 Å². The van der Waals surface area contributed by atoms with Crippen LogP contribution in [0.5, 0.6) is 0 Å². The van der Waals surface area contributed by atoms with Gasteiger partial charge < -0.3 is 10.8 Å². The van der Waals surface area contributed by atoms with Crippen molar-refractivity contribution in [1.29, 1.82) is 0 Å². The van der Waals surface area contributed by atoms with Crippen molar-refractivity contribution in [2.75, 3.05) is 10.8 Å². The van der Waals surface area contributed by atoms with Crippen LogP contribution in [0.1, 0.15) is 0 Å². The summed E-state index contributed by atoms with van der Waals surface area (Å²) in [5.41, 5.74) is 7.27. The van der Waals surface area contributed by atoms with Crippen LogP contribution in [0.25, 0.3) is 0 Å². The van der Waals surface area contributed by atoms with Crippen molar-refractivity contribution in [3.8, 4) is 0 Å². The molecule has 0 fully saturated rings. The number of nitrogens with one attached hydrogen (secondary N) is 1. The topological polar surface area (TPSA) is 38.0 Å². The first kappa shape index (κ1) is 6.37. The third kappa shape index (κ3) is 1.33. The van der Waals surface area contributed by atoms with Gasteiger partial charge in [0.25, 0.3) is 0 Å². The highest BCUT2D eigenvalue weighted by atomic mass is 31.0. The zero-order valence-corrected chi connectivity index (χ0v) is 6.12. The van der Waals surface area contributed by atoms with Gasteiger partial charge in [-0.3, -0.25) is 0 Å². The van der Waals surface area contributed by atoms with E-state index < -0.39 is 0 Å². The SMILES string of the molecule is Nc1ccccc1NP. The Bertz CT molecular complexity index is 200. The van der Waals surface area contributed by atoms with Crippen LogP contribution in [-0.2, 0) is 0 Å². The number of anilines is 2. The number of hydrogen-bond acceptors (Lipinski definition) is 2. The molecule has 0 aliphatic rings. The lowest BCUT2D eigenvalue weighted by atomic mass is 10.3. The largest absolute Gasteiger partial charge is 0.397 e. The zero-order chi connectivity index (χ0) is 6.69. The summed E-state index contributed by atoms with van der Waals surface area (Å²) in [6.45, 7) is 0. The number of benzene rings is 1. The average Bonchev–Trinajstić information content (AvgIpc) is 1.89. The number of nitrogens with two attached hydrogens (primary N) is 1. The lowest BCUT2D eigenvalue weighted by Crippen LogP contribution is -1.88. The van der Waals surface area contributed by atoms with E-state index in [2.05, 4.69) is 14.5 Å². The van der Waals surface area contributed by atoms with Crippen molar-refractivity contribution >= 4 is 20.8 Å². The molecule has 3 heteroatoms. The molecule has 0 aliphatic carbocycles. The molecule has 0 aliphatic heterocycles. The maximum atomic E-state index is 5.56. The molecule has 2 nitrogen and oxygen atoms in total. The first-order valence-electron chi connectivity index (χ1n) is 2.65. The molecule has 1 aromatic carbocycles. The Kier molecular flexibility index (Phi) is 1.91. The lowest BCUT2D eigenvalue weighted by molar-refractivity contribution is 1.66. The summed E-state index contributed by atoms with van der Waals surface area (Å²) in [4.78, 5) is 0. The van der Waals surface area contributed by atoms with E-state index >= 15 is 0 Å². The quantitative estimate of drug-likeness (QED) is 0.458. The Balaban J connectivity index is 3.01. The van der Waals surface area contributed by atoms with E-state index in [1.54, 1.807) is 0 Å². The maximum absolute atomic E-state index is 5.56. The van der Waals surface area contributed by atoms with Crippen molar-refractivity contribution in [3.63, 3.8) is 0 Å². The molecule has 0 amide bonds.